The smallest absolute Gasteiger partial charge is 0.0654 e. The molecule has 0 radical (unpaired) electrons. The minimum absolute atomic E-state index is 1.12. The van der Waals surface area contributed by atoms with E-state index < -0.39 is 0 Å². The Hall–Kier alpha value is -0.580. The molecular formula is C8H7IN2. The standard InChI is InChI=1S/C8H7IN2/c1-5-2-10-4-7-8(5)6(9)3-11-7/h2-4,11H,1H3. The molecular weight excluding hydrogens is 251 g/mol. The van der Waals surface area contributed by atoms with Crippen LogP contribution in [-0.2, 0) is 0 Å². The molecule has 1 N–H and O–H groups in total. The Bertz CT molecular complexity index is 392. The van der Waals surface area contributed by atoms with E-state index in [1.807, 2.05) is 18.6 Å². The second-order valence-corrected chi connectivity index (χ2v) is 3.68. The molecule has 11 heavy (non-hydrogen) atoms. The number of aromatic amines is 1. The van der Waals surface area contributed by atoms with E-state index in [2.05, 4.69) is 39.5 Å². The zero-order valence-electron chi connectivity index (χ0n) is 6.06. The maximum absolute atomic E-state index is 4.09. The number of pyridine rings is 1. The predicted octanol–water partition coefficient (Wildman–Crippen LogP) is 2.48. The van der Waals surface area contributed by atoms with Gasteiger partial charge in [0.05, 0.1) is 11.7 Å². The van der Waals surface area contributed by atoms with Crippen LogP contribution in [0.3, 0.4) is 0 Å². The Kier molecular flexibility index (Phi) is 1.60. The fourth-order valence-corrected chi connectivity index (χ4v) is 2.08. The summed E-state index contributed by atoms with van der Waals surface area (Å²) in [5, 5.41) is 1.29. The average molecular weight is 258 g/mol. The number of nitrogens with one attached hydrogen (secondary N) is 1. The van der Waals surface area contributed by atoms with Crippen molar-refractivity contribution in [3.63, 3.8) is 0 Å². The second-order valence-electron chi connectivity index (χ2n) is 2.52. The van der Waals surface area contributed by atoms with Gasteiger partial charge in [0.2, 0.25) is 0 Å². The van der Waals surface area contributed by atoms with Crippen LogP contribution in [0.5, 0.6) is 0 Å². The molecule has 0 aromatic carbocycles. The van der Waals surface area contributed by atoms with Crippen molar-refractivity contribution in [2.24, 2.45) is 0 Å². The molecule has 0 atom stereocenters. The van der Waals surface area contributed by atoms with E-state index in [4.69, 9.17) is 0 Å². The van der Waals surface area contributed by atoms with Crippen molar-refractivity contribution in [2.45, 2.75) is 6.92 Å². The molecule has 3 heteroatoms. The van der Waals surface area contributed by atoms with Crippen molar-refractivity contribution in [1.82, 2.24) is 9.97 Å². The number of aryl methyl sites for hydroxylation is 1. The quantitative estimate of drug-likeness (QED) is 0.722. The third kappa shape index (κ3) is 1.03. The molecule has 2 nitrogen and oxygen atoms in total. The van der Waals surface area contributed by atoms with E-state index >= 15 is 0 Å². The van der Waals surface area contributed by atoms with Crippen LogP contribution in [0.25, 0.3) is 10.9 Å². The van der Waals surface area contributed by atoms with Crippen molar-refractivity contribution in [3.05, 3.63) is 27.7 Å². The number of halogens is 1. The molecule has 0 saturated carbocycles. The SMILES string of the molecule is Cc1cncc2[nH]cc(I)c12. The summed E-state index contributed by atoms with van der Waals surface area (Å²) < 4.78 is 1.26. The molecule has 0 bridgehead atoms. The fourth-order valence-electron chi connectivity index (χ4n) is 1.20. The molecule has 0 aliphatic carbocycles. The monoisotopic (exact) mass is 258 g/mol. The number of hydrogen-bond donors (Lipinski definition) is 1. The number of rotatable bonds is 0. The summed E-state index contributed by atoms with van der Waals surface area (Å²) in [4.78, 5) is 7.25. The van der Waals surface area contributed by atoms with Crippen LogP contribution in [0.4, 0.5) is 0 Å². The summed E-state index contributed by atoms with van der Waals surface area (Å²) in [5.41, 5.74) is 2.35. The highest BCUT2D eigenvalue weighted by atomic mass is 127. The van der Waals surface area contributed by atoms with Gasteiger partial charge in [0.15, 0.2) is 0 Å². The lowest BCUT2D eigenvalue weighted by Crippen LogP contribution is -1.78. The number of H-pyrrole nitrogens is 1. The molecule has 2 rings (SSSR count). The number of hydrogen-bond acceptors (Lipinski definition) is 1. The van der Waals surface area contributed by atoms with Gasteiger partial charge >= 0.3 is 0 Å². The van der Waals surface area contributed by atoms with E-state index in [0.29, 0.717) is 0 Å². The Morgan fingerprint density at radius 3 is 3.00 bits per heavy atom. The Balaban J connectivity index is 2.96. The molecule has 0 aliphatic heterocycles. The molecule has 0 unspecified atom stereocenters. The van der Waals surface area contributed by atoms with Crippen molar-refractivity contribution < 1.29 is 0 Å². The van der Waals surface area contributed by atoms with E-state index in [0.717, 1.165) is 5.52 Å². The van der Waals surface area contributed by atoms with Gasteiger partial charge in [-0.1, -0.05) is 0 Å². The topological polar surface area (TPSA) is 28.7 Å². The highest BCUT2D eigenvalue weighted by Crippen LogP contribution is 2.21. The molecule has 2 heterocycles. The average Bonchev–Trinajstić information content (AvgIpc) is 2.34. The molecule has 0 amide bonds. The largest absolute Gasteiger partial charge is 0.359 e. The molecule has 0 aliphatic rings. The number of nitrogens with zero attached hydrogens (tertiary/aromatic N) is 1. The first-order valence-electron chi connectivity index (χ1n) is 3.36. The molecule has 0 saturated heterocycles. The maximum Gasteiger partial charge on any atom is 0.0654 e. The minimum Gasteiger partial charge on any atom is -0.359 e. The van der Waals surface area contributed by atoms with E-state index in [9.17, 15) is 0 Å². The van der Waals surface area contributed by atoms with Gasteiger partial charge in [0.1, 0.15) is 0 Å². The second kappa shape index (κ2) is 2.48. The van der Waals surface area contributed by atoms with Crippen LogP contribution in [0.15, 0.2) is 18.6 Å². The normalized spacial score (nSPS) is 10.7. The summed E-state index contributed by atoms with van der Waals surface area (Å²) in [7, 11) is 0. The van der Waals surface area contributed by atoms with Crippen molar-refractivity contribution >= 4 is 33.5 Å². The predicted molar refractivity (Wildman–Crippen MR) is 53.5 cm³/mol. The Morgan fingerprint density at radius 1 is 1.45 bits per heavy atom. The number of fused-ring (bicyclic) bond motifs is 1. The van der Waals surface area contributed by atoms with Crippen LogP contribution in [0.1, 0.15) is 5.56 Å². The van der Waals surface area contributed by atoms with Crippen LogP contribution in [0, 0.1) is 10.5 Å². The van der Waals surface area contributed by atoms with Crippen LogP contribution in [0.2, 0.25) is 0 Å². The third-order valence-electron chi connectivity index (χ3n) is 1.73. The molecule has 0 fully saturated rings. The van der Waals surface area contributed by atoms with Gasteiger partial charge in [-0.3, -0.25) is 4.98 Å². The first-order valence-corrected chi connectivity index (χ1v) is 4.44. The van der Waals surface area contributed by atoms with Crippen molar-refractivity contribution in [2.75, 3.05) is 0 Å². The first-order chi connectivity index (χ1) is 5.29. The fraction of sp³-hybridized carbons (Fsp3) is 0.125. The van der Waals surface area contributed by atoms with Gasteiger partial charge < -0.3 is 4.98 Å². The molecule has 2 aromatic rings. The highest BCUT2D eigenvalue weighted by molar-refractivity contribution is 14.1. The lowest BCUT2D eigenvalue weighted by molar-refractivity contribution is 1.30. The van der Waals surface area contributed by atoms with Crippen LogP contribution in [-0.4, -0.2) is 9.97 Å². The van der Waals surface area contributed by atoms with E-state index in [-0.39, 0.29) is 0 Å². The summed E-state index contributed by atoms with van der Waals surface area (Å²) in [6.07, 6.45) is 5.74. The van der Waals surface area contributed by atoms with Crippen LogP contribution >= 0.6 is 22.6 Å². The van der Waals surface area contributed by atoms with Gasteiger partial charge in [-0.15, -0.1) is 0 Å². The summed E-state index contributed by atoms with van der Waals surface area (Å²) >= 11 is 2.32. The Morgan fingerprint density at radius 2 is 2.27 bits per heavy atom. The molecule has 0 spiro atoms. The zero-order chi connectivity index (χ0) is 7.84. The van der Waals surface area contributed by atoms with Gasteiger partial charge in [-0.2, -0.15) is 0 Å². The Labute approximate surface area is 78.2 Å². The summed E-state index contributed by atoms with van der Waals surface area (Å²) in [6, 6.07) is 0. The highest BCUT2D eigenvalue weighted by Gasteiger charge is 2.02. The van der Waals surface area contributed by atoms with Gasteiger partial charge in [0.25, 0.3) is 0 Å². The lowest BCUT2D eigenvalue weighted by Gasteiger charge is -1.93. The molecule has 2 aromatic heterocycles. The summed E-state index contributed by atoms with van der Waals surface area (Å²) in [6.45, 7) is 2.07. The zero-order valence-corrected chi connectivity index (χ0v) is 8.21. The third-order valence-corrected chi connectivity index (χ3v) is 2.58. The minimum atomic E-state index is 1.12. The maximum atomic E-state index is 4.09. The van der Waals surface area contributed by atoms with E-state index in [1.54, 1.807) is 0 Å². The van der Waals surface area contributed by atoms with E-state index in [1.165, 1.54) is 14.5 Å². The first kappa shape index (κ1) is 7.09. The lowest BCUT2D eigenvalue weighted by atomic mass is 10.2. The number of aromatic nitrogens is 2. The summed E-state index contributed by atoms with van der Waals surface area (Å²) in [5.74, 6) is 0. The van der Waals surface area contributed by atoms with Gasteiger partial charge in [-0.25, -0.2) is 0 Å². The molecule has 56 valence electrons. The van der Waals surface area contributed by atoms with Crippen LogP contribution < -0.4 is 0 Å². The van der Waals surface area contributed by atoms with Crippen molar-refractivity contribution in [3.8, 4) is 0 Å². The van der Waals surface area contributed by atoms with Crippen molar-refractivity contribution in [1.29, 1.82) is 0 Å². The van der Waals surface area contributed by atoms with Gasteiger partial charge in [0, 0.05) is 21.4 Å². The van der Waals surface area contributed by atoms with Gasteiger partial charge in [-0.05, 0) is 35.1 Å².